The molecule has 0 aromatic carbocycles. The molecule has 0 spiro atoms. The molecule has 1 aromatic rings. The third-order valence-electron chi connectivity index (χ3n) is 1.87. The number of hydrogen-bond donors (Lipinski definition) is 1. The van der Waals surface area contributed by atoms with E-state index in [2.05, 4.69) is 10.2 Å². The maximum atomic E-state index is 5.73. The molecule has 1 aromatic heterocycles. The summed E-state index contributed by atoms with van der Waals surface area (Å²) in [6.07, 6.45) is 3.76. The molecule has 0 saturated carbocycles. The third kappa shape index (κ3) is 2.09. The van der Waals surface area contributed by atoms with E-state index < -0.39 is 0 Å². The van der Waals surface area contributed by atoms with E-state index in [0.29, 0.717) is 6.04 Å². The molecular formula is C6H12Cl2N4. The van der Waals surface area contributed by atoms with Crippen molar-refractivity contribution in [3.05, 3.63) is 12.2 Å². The molecule has 2 rings (SSSR count). The average Bonchev–Trinajstić information content (AvgIpc) is 2.33. The predicted octanol–water partition coefficient (Wildman–Crippen LogP) is 0.395. The Labute approximate surface area is 83.4 Å². The van der Waals surface area contributed by atoms with Gasteiger partial charge in [-0.05, 0) is 6.42 Å². The second-order valence-electron chi connectivity index (χ2n) is 2.70. The average molecular weight is 211 g/mol. The Balaban J connectivity index is 0.000000605. The number of aromatic nitrogens is 3. The summed E-state index contributed by atoms with van der Waals surface area (Å²) in [5, 5.41) is 7.74. The first-order valence-corrected chi connectivity index (χ1v) is 3.48. The van der Waals surface area contributed by atoms with Crippen molar-refractivity contribution >= 4 is 24.8 Å². The van der Waals surface area contributed by atoms with Gasteiger partial charge in [0.1, 0.15) is 12.2 Å². The molecule has 12 heavy (non-hydrogen) atoms. The monoisotopic (exact) mass is 210 g/mol. The summed E-state index contributed by atoms with van der Waals surface area (Å²) in [5.74, 6) is 1.07. The first-order chi connectivity index (χ1) is 4.86. The van der Waals surface area contributed by atoms with Gasteiger partial charge in [-0.2, -0.15) is 0 Å². The summed E-state index contributed by atoms with van der Waals surface area (Å²) in [4.78, 5) is 0. The second kappa shape index (κ2) is 4.64. The van der Waals surface area contributed by atoms with Gasteiger partial charge in [-0.1, -0.05) is 0 Å². The van der Waals surface area contributed by atoms with Crippen molar-refractivity contribution in [1.82, 2.24) is 14.8 Å². The zero-order valence-electron chi connectivity index (χ0n) is 6.51. The minimum absolute atomic E-state index is 0. The summed E-state index contributed by atoms with van der Waals surface area (Å²) in [6.45, 7) is 0.877. The molecule has 1 aliphatic heterocycles. The summed E-state index contributed by atoms with van der Waals surface area (Å²) >= 11 is 0. The number of nitrogens with zero attached hydrogens (tertiary/aromatic N) is 3. The zero-order chi connectivity index (χ0) is 6.97. The second-order valence-corrected chi connectivity index (χ2v) is 2.70. The Morgan fingerprint density at radius 1 is 1.50 bits per heavy atom. The lowest BCUT2D eigenvalue weighted by Gasteiger charge is -2.18. The minimum atomic E-state index is 0. The van der Waals surface area contributed by atoms with E-state index in [4.69, 9.17) is 5.73 Å². The van der Waals surface area contributed by atoms with Gasteiger partial charge >= 0.3 is 0 Å². The van der Waals surface area contributed by atoms with E-state index in [0.717, 1.165) is 25.2 Å². The van der Waals surface area contributed by atoms with Gasteiger partial charge < -0.3 is 10.3 Å². The van der Waals surface area contributed by atoms with Crippen LogP contribution in [-0.2, 0) is 13.0 Å². The van der Waals surface area contributed by atoms with E-state index in [1.807, 2.05) is 4.57 Å². The van der Waals surface area contributed by atoms with E-state index in [1.165, 1.54) is 0 Å². The Morgan fingerprint density at radius 3 is 3.00 bits per heavy atom. The van der Waals surface area contributed by atoms with Crippen LogP contribution in [0.1, 0.15) is 12.2 Å². The first kappa shape index (κ1) is 11.7. The Hall–Kier alpha value is -0.320. The molecule has 6 heteroatoms. The fraction of sp³-hybridized carbons (Fsp3) is 0.667. The highest BCUT2D eigenvalue weighted by Gasteiger charge is 2.14. The van der Waals surface area contributed by atoms with Crippen LogP contribution in [0.25, 0.3) is 0 Å². The van der Waals surface area contributed by atoms with Crippen LogP contribution < -0.4 is 5.73 Å². The quantitative estimate of drug-likeness (QED) is 0.675. The number of hydrogen-bond acceptors (Lipinski definition) is 3. The SMILES string of the molecule is Cl.Cl.NC1CCc2nncn2C1. The van der Waals surface area contributed by atoms with E-state index >= 15 is 0 Å². The Morgan fingerprint density at radius 2 is 2.25 bits per heavy atom. The lowest BCUT2D eigenvalue weighted by atomic mass is 10.1. The molecule has 0 amide bonds. The largest absolute Gasteiger partial charge is 0.326 e. The molecule has 1 unspecified atom stereocenters. The van der Waals surface area contributed by atoms with Gasteiger partial charge in [0.15, 0.2) is 0 Å². The van der Waals surface area contributed by atoms with Gasteiger partial charge in [0.05, 0.1) is 0 Å². The van der Waals surface area contributed by atoms with Crippen LogP contribution >= 0.6 is 24.8 Å². The van der Waals surface area contributed by atoms with Gasteiger partial charge in [0.25, 0.3) is 0 Å². The molecular weight excluding hydrogens is 199 g/mol. The lowest BCUT2D eigenvalue weighted by molar-refractivity contribution is 0.453. The molecule has 2 heterocycles. The highest BCUT2D eigenvalue weighted by atomic mass is 35.5. The smallest absolute Gasteiger partial charge is 0.132 e. The van der Waals surface area contributed by atoms with Crippen LogP contribution in [-0.4, -0.2) is 20.8 Å². The fourth-order valence-electron chi connectivity index (χ4n) is 1.28. The van der Waals surface area contributed by atoms with Crippen LogP contribution in [0.5, 0.6) is 0 Å². The highest BCUT2D eigenvalue weighted by Crippen LogP contribution is 2.09. The molecule has 1 aliphatic rings. The van der Waals surface area contributed by atoms with Crippen LogP contribution in [0.15, 0.2) is 6.33 Å². The lowest BCUT2D eigenvalue weighted by Crippen LogP contribution is -2.31. The van der Waals surface area contributed by atoms with Crippen LogP contribution in [0.4, 0.5) is 0 Å². The fourth-order valence-corrected chi connectivity index (χ4v) is 1.28. The Bertz CT molecular complexity index is 237. The number of nitrogens with two attached hydrogens (primary N) is 1. The number of aryl methyl sites for hydroxylation is 1. The molecule has 0 radical (unpaired) electrons. The number of rotatable bonds is 0. The number of halogens is 2. The molecule has 4 nitrogen and oxygen atoms in total. The molecule has 0 bridgehead atoms. The first-order valence-electron chi connectivity index (χ1n) is 3.48. The molecule has 1 atom stereocenters. The van der Waals surface area contributed by atoms with Gasteiger partial charge in [0, 0.05) is 19.0 Å². The summed E-state index contributed by atoms with van der Waals surface area (Å²) in [6, 6.07) is 0.295. The predicted molar refractivity (Wildman–Crippen MR) is 50.8 cm³/mol. The molecule has 2 N–H and O–H groups in total. The van der Waals surface area contributed by atoms with Crippen molar-refractivity contribution in [3.63, 3.8) is 0 Å². The Kier molecular flexibility index (Phi) is 4.52. The van der Waals surface area contributed by atoms with Gasteiger partial charge in [-0.3, -0.25) is 0 Å². The van der Waals surface area contributed by atoms with Gasteiger partial charge in [-0.25, -0.2) is 0 Å². The van der Waals surface area contributed by atoms with Crippen molar-refractivity contribution in [2.45, 2.75) is 25.4 Å². The van der Waals surface area contributed by atoms with Crippen molar-refractivity contribution in [2.24, 2.45) is 5.73 Å². The molecule has 0 aliphatic carbocycles. The van der Waals surface area contributed by atoms with E-state index in [-0.39, 0.29) is 24.8 Å². The summed E-state index contributed by atoms with van der Waals surface area (Å²) in [7, 11) is 0. The zero-order valence-corrected chi connectivity index (χ0v) is 8.14. The topological polar surface area (TPSA) is 56.7 Å². The van der Waals surface area contributed by atoms with Crippen LogP contribution in [0.3, 0.4) is 0 Å². The van der Waals surface area contributed by atoms with Crippen molar-refractivity contribution in [2.75, 3.05) is 0 Å². The minimum Gasteiger partial charge on any atom is -0.326 e. The molecule has 70 valence electrons. The van der Waals surface area contributed by atoms with Crippen molar-refractivity contribution < 1.29 is 0 Å². The third-order valence-corrected chi connectivity index (χ3v) is 1.87. The molecule has 0 fully saturated rings. The highest BCUT2D eigenvalue weighted by molar-refractivity contribution is 5.85. The van der Waals surface area contributed by atoms with Crippen LogP contribution in [0, 0.1) is 0 Å². The van der Waals surface area contributed by atoms with E-state index in [1.54, 1.807) is 6.33 Å². The standard InChI is InChI=1S/C6H10N4.2ClH/c7-5-1-2-6-9-8-4-10(6)3-5;;/h4-5H,1-3,7H2;2*1H. The van der Waals surface area contributed by atoms with Crippen molar-refractivity contribution in [1.29, 1.82) is 0 Å². The van der Waals surface area contributed by atoms with E-state index in [9.17, 15) is 0 Å². The summed E-state index contributed by atoms with van der Waals surface area (Å²) in [5.41, 5.74) is 5.73. The summed E-state index contributed by atoms with van der Waals surface area (Å²) < 4.78 is 2.02. The van der Waals surface area contributed by atoms with Crippen molar-refractivity contribution in [3.8, 4) is 0 Å². The number of fused-ring (bicyclic) bond motifs is 1. The van der Waals surface area contributed by atoms with Gasteiger partial charge in [0.2, 0.25) is 0 Å². The van der Waals surface area contributed by atoms with Crippen LogP contribution in [0.2, 0.25) is 0 Å². The molecule has 0 saturated heterocycles. The maximum Gasteiger partial charge on any atom is 0.132 e. The van der Waals surface area contributed by atoms with Gasteiger partial charge in [-0.15, -0.1) is 35.0 Å². The normalized spacial score (nSPS) is 20.2. The maximum absolute atomic E-state index is 5.73.